The summed E-state index contributed by atoms with van der Waals surface area (Å²) in [6.45, 7) is 1.14. The number of rotatable bonds is 5. The molecule has 0 saturated carbocycles. The summed E-state index contributed by atoms with van der Waals surface area (Å²) in [4.78, 5) is 7.71. The molecule has 6 nitrogen and oxygen atoms in total. The Kier molecular flexibility index (Phi) is 6.52. The highest BCUT2D eigenvalue weighted by Gasteiger charge is 2.40. The predicted molar refractivity (Wildman–Crippen MR) is 160 cm³/mol. The quantitative estimate of drug-likeness (QED) is 0.329. The van der Waals surface area contributed by atoms with Crippen molar-refractivity contribution in [3.05, 3.63) is 106 Å². The molecule has 7 rings (SSSR count). The van der Waals surface area contributed by atoms with E-state index in [1.165, 1.54) is 16.7 Å². The molecule has 3 aromatic rings. The normalized spacial score (nSPS) is 20.5. The van der Waals surface area contributed by atoms with Gasteiger partial charge in [-0.1, -0.05) is 36.0 Å². The van der Waals surface area contributed by atoms with Crippen LogP contribution in [0.15, 0.2) is 94.0 Å². The smallest absolute Gasteiger partial charge is 0.174 e. The van der Waals surface area contributed by atoms with E-state index < -0.39 is 0 Å². The highest BCUT2D eigenvalue weighted by atomic mass is 32.2. The third-order valence-corrected chi connectivity index (χ3v) is 8.60. The standard InChI is InChI=1S/C33H30N2O4S/c1-36-25-11-6-21(7-12-25)18-24-4-3-5-27-31(24)34-33-35(32(27)22-8-13-26(37-2)14-9-22)28(20-40-33)23-10-15-29-30(19-23)39-17-16-38-29/h6-15,18-20,32H,3-5,16-17H2,1-2H3/b24-18+. The third kappa shape index (κ3) is 4.44. The Morgan fingerprint density at radius 3 is 2.35 bits per heavy atom. The molecule has 202 valence electrons. The average Bonchev–Trinajstić information content (AvgIpc) is 3.44. The van der Waals surface area contributed by atoms with Crippen LogP contribution >= 0.6 is 11.8 Å². The Morgan fingerprint density at radius 1 is 0.875 bits per heavy atom. The zero-order valence-electron chi connectivity index (χ0n) is 22.6. The van der Waals surface area contributed by atoms with Crippen LogP contribution in [0.2, 0.25) is 0 Å². The maximum atomic E-state index is 5.92. The number of methoxy groups -OCH3 is 2. The molecule has 0 fully saturated rings. The van der Waals surface area contributed by atoms with Gasteiger partial charge in [-0.25, -0.2) is 4.99 Å². The van der Waals surface area contributed by atoms with E-state index in [-0.39, 0.29) is 6.04 Å². The molecule has 1 unspecified atom stereocenters. The zero-order valence-corrected chi connectivity index (χ0v) is 23.4. The van der Waals surface area contributed by atoms with Gasteiger partial charge in [0.25, 0.3) is 0 Å². The molecule has 1 atom stereocenters. The van der Waals surface area contributed by atoms with Crippen LogP contribution < -0.4 is 18.9 Å². The van der Waals surface area contributed by atoms with Crippen molar-refractivity contribution in [3.8, 4) is 23.0 Å². The van der Waals surface area contributed by atoms with Gasteiger partial charge in [0.15, 0.2) is 16.7 Å². The Balaban J connectivity index is 1.32. The summed E-state index contributed by atoms with van der Waals surface area (Å²) in [5.74, 6) is 3.30. The van der Waals surface area contributed by atoms with Crippen molar-refractivity contribution in [3.63, 3.8) is 0 Å². The summed E-state index contributed by atoms with van der Waals surface area (Å²) >= 11 is 1.68. The van der Waals surface area contributed by atoms with Gasteiger partial charge in [0, 0.05) is 11.0 Å². The van der Waals surface area contributed by atoms with Crippen LogP contribution in [0.1, 0.15) is 42.0 Å². The molecule has 0 spiro atoms. The van der Waals surface area contributed by atoms with Gasteiger partial charge in [0.05, 0.1) is 31.7 Å². The maximum Gasteiger partial charge on any atom is 0.174 e. The van der Waals surface area contributed by atoms with Crippen LogP contribution in [-0.2, 0) is 0 Å². The second-order valence-corrected chi connectivity index (χ2v) is 10.9. The topological polar surface area (TPSA) is 52.5 Å². The van der Waals surface area contributed by atoms with Crippen molar-refractivity contribution in [2.24, 2.45) is 4.99 Å². The third-order valence-electron chi connectivity index (χ3n) is 7.76. The molecule has 0 N–H and O–H groups in total. The first kappa shape index (κ1) is 24.9. The molecular weight excluding hydrogens is 520 g/mol. The van der Waals surface area contributed by atoms with Gasteiger partial charge in [-0.2, -0.15) is 0 Å². The minimum absolute atomic E-state index is 0.0300. The van der Waals surface area contributed by atoms with Crippen molar-refractivity contribution in [2.75, 3.05) is 27.4 Å². The second-order valence-electron chi connectivity index (χ2n) is 10.1. The lowest BCUT2D eigenvalue weighted by atomic mass is 9.82. The first-order valence-electron chi connectivity index (χ1n) is 13.6. The van der Waals surface area contributed by atoms with Crippen molar-refractivity contribution < 1.29 is 18.9 Å². The van der Waals surface area contributed by atoms with E-state index in [9.17, 15) is 0 Å². The van der Waals surface area contributed by atoms with Crippen molar-refractivity contribution in [1.29, 1.82) is 0 Å². The fraction of sp³-hybridized carbons (Fsp3) is 0.242. The molecular formula is C33H30N2O4S. The number of ether oxygens (including phenoxy) is 4. The molecule has 1 aliphatic carbocycles. The average molecular weight is 551 g/mol. The van der Waals surface area contributed by atoms with Crippen LogP contribution in [0, 0.1) is 0 Å². The number of fused-ring (bicyclic) bond motifs is 2. The van der Waals surface area contributed by atoms with Crippen molar-refractivity contribution >= 4 is 28.7 Å². The molecule has 3 heterocycles. The summed E-state index contributed by atoms with van der Waals surface area (Å²) in [5.41, 5.74) is 8.35. The van der Waals surface area contributed by atoms with E-state index in [0.29, 0.717) is 13.2 Å². The maximum absolute atomic E-state index is 5.92. The largest absolute Gasteiger partial charge is 0.497 e. The van der Waals surface area contributed by atoms with Gasteiger partial charge in [-0.3, -0.25) is 0 Å². The molecule has 3 aliphatic heterocycles. The fourth-order valence-corrected chi connectivity index (χ4v) is 6.74. The number of amidine groups is 1. The predicted octanol–water partition coefficient (Wildman–Crippen LogP) is 7.45. The number of allylic oxidation sites excluding steroid dienone is 1. The molecule has 4 aliphatic rings. The molecule has 7 heteroatoms. The highest BCUT2D eigenvalue weighted by Crippen LogP contribution is 2.51. The Labute approximate surface area is 238 Å². The first-order chi connectivity index (χ1) is 19.7. The van der Waals surface area contributed by atoms with E-state index >= 15 is 0 Å². The van der Waals surface area contributed by atoms with Crippen LogP contribution in [0.3, 0.4) is 0 Å². The molecule has 0 saturated heterocycles. The lowest BCUT2D eigenvalue weighted by Gasteiger charge is -2.40. The summed E-state index contributed by atoms with van der Waals surface area (Å²) in [6.07, 6.45) is 5.37. The molecule has 0 amide bonds. The zero-order chi connectivity index (χ0) is 27.1. The molecule has 0 bridgehead atoms. The number of benzene rings is 3. The van der Waals surface area contributed by atoms with Crippen LogP contribution in [0.25, 0.3) is 11.8 Å². The van der Waals surface area contributed by atoms with Gasteiger partial charge in [0.2, 0.25) is 0 Å². The van der Waals surface area contributed by atoms with Gasteiger partial charge in [-0.15, -0.1) is 0 Å². The Morgan fingerprint density at radius 2 is 1.60 bits per heavy atom. The highest BCUT2D eigenvalue weighted by molar-refractivity contribution is 8.16. The lowest BCUT2D eigenvalue weighted by Crippen LogP contribution is -2.34. The number of aliphatic imine (C=N–C) groups is 1. The van der Waals surface area contributed by atoms with E-state index in [1.807, 2.05) is 18.2 Å². The van der Waals surface area contributed by atoms with E-state index in [1.54, 1.807) is 26.0 Å². The van der Waals surface area contributed by atoms with Crippen molar-refractivity contribution in [1.82, 2.24) is 4.90 Å². The molecule has 3 aromatic carbocycles. The van der Waals surface area contributed by atoms with E-state index in [0.717, 1.165) is 69.9 Å². The summed E-state index contributed by atoms with van der Waals surface area (Å²) in [6, 6.07) is 23.0. The van der Waals surface area contributed by atoms with Crippen LogP contribution in [-0.4, -0.2) is 37.5 Å². The number of hydrogen-bond donors (Lipinski definition) is 0. The molecule has 0 radical (unpaired) electrons. The number of thioether (sulfide) groups is 1. The fourth-order valence-electron chi connectivity index (χ4n) is 5.82. The van der Waals surface area contributed by atoms with E-state index in [2.05, 4.69) is 64.9 Å². The summed E-state index contributed by atoms with van der Waals surface area (Å²) in [7, 11) is 3.40. The van der Waals surface area contributed by atoms with Crippen LogP contribution in [0.4, 0.5) is 0 Å². The summed E-state index contributed by atoms with van der Waals surface area (Å²) in [5, 5.41) is 3.21. The SMILES string of the molecule is COc1ccc(/C=C2\CCCC3=C2N=C2SC=C(c4ccc5c(c4)OCCO5)N2C3c2ccc(OC)cc2)cc1. The van der Waals surface area contributed by atoms with Gasteiger partial charge in [-0.05, 0) is 90.1 Å². The lowest BCUT2D eigenvalue weighted by molar-refractivity contribution is 0.171. The van der Waals surface area contributed by atoms with Gasteiger partial charge in [0.1, 0.15) is 24.7 Å². The van der Waals surface area contributed by atoms with E-state index in [4.69, 9.17) is 23.9 Å². The molecule has 0 aromatic heterocycles. The Hall–Kier alpha value is -4.10. The number of hydrogen-bond acceptors (Lipinski definition) is 7. The number of nitrogens with zero attached hydrogens (tertiary/aromatic N) is 2. The van der Waals surface area contributed by atoms with Crippen molar-refractivity contribution in [2.45, 2.75) is 25.3 Å². The van der Waals surface area contributed by atoms with Gasteiger partial charge < -0.3 is 23.8 Å². The minimum atomic E-state index is 0.0300. The first-order valence-corrected chi connectivity index (χ1v) is 14.5. The minimum Gasteiger partial charge on any atom is -0.497 e. The Bertz CT molecular complexity index is 1570. The summed E-state index contributed by atoms with van der Waals surface area (Å²) < 4.78 is 22.5. The van der Waals surface area contributed by atoms with Gasteiger partial charge >= 0.3 is 0 Å². The molecule has 40 heavy (non-hydrogen) atoms. The second kappa shape index (κ2) is 10.5. The van der Waals surface area contributed by atoms with Crippen LogP contribution in [0.5, 0.6) is 23.0 Å². The monoisotopic (exact) mass is 550 g/mol.